The monoisotopic (exact) mass is 242 g/mol. The minimum atomic E-state index is 0.787. The summed E-state index contributed by atoms with van der Waals surface area (Å²) in [7, 11) is 0. The molecule has 0 spiro atoms. The molecule has 0 unspecified atom stereocenters. The highest BCUT2D eigenvalue weighted by atomic mass is 16.4. The van der Waals surface area contributed by atoms with Gasteiger partial charge in [-0.05, 0) is 12.1 Å². The number of nitrogens with zero attached hydrogens (tertiary/aromatic N) is 4. The Hall–Kier alpha value is -2.17. The van der Waals surface area contributed by atoms with Crippen molar-refractivity contribution in [2.45, 2.75) is 12.8 Å². The zero-order valence-corrected chi connectivity index (χ0v) is 9.95. The van der Waals surface area contributed by atoms with Crippen LogP contribution in [-0.2, 0) is 0 Å². The lowest BCUT2D eigenvalue weighted by Crippen LogP contribution is -2.34. The van der Waals surface area contributed by atoms with Crippen LogP contribution >= 0.6 is 0 Å². The second-order valence-corrected chi connectivity index (χ2v) is 4.37. The summed E-state index contributed by atoms with van der Waals surface area (Å²) in [5.74, 6) is 0.970. The number of oxime groups is 1. The first-order valence-electron chi connectivity index (χ1n) is 6.03. The van der Waals surface area contributed by atoms with E-state index >= 15 is 0 Å². The Bertz CT molecular complexity index is 581. The summed E-state index contributed by atoms with van der Waals surface area (Å²) in [6, 6.07) is 8.01. The summed E-state index contributed by atoms with van der Waals surface area (Å²) in [4.78, 5) is 10.9. The van der Waals surface area contributed by atoms with Gasteiger partial charge in [-0.3, -0.25) is 0 Å². The SMILES string of the molecule is ON=C1CCN(c2ncnc3ccccc23)CC1. The van der Waals surface area contributed by atoms with E-state index in [9.17, 15) is 0 Å². The molecule has 1 saturated heterocycles. The zero-order valence-electron chi connectivity index (χ0n) is 9.95. The van der Waals surface area contributed by atoms with Gasteiger partial charge in [-0.1, -0.05) is 17.3 Å². The van der Waals surface area contributed by atoms with Gasteiger partial charge in [0.25, 0.3) is 0 Å². The first kappa shape index (κ1) is 11.0. The van der Waals surface area contributed by atoms with Crippen molar-refractivity contribution in [2.75, 3.05) is 18.0 Å². The van der Waals surface area contributed by atoms with E-state index in [2.05, 4.69) is 20.0 Å². The maximum atomic E-state index is 8.76. The van der Waals surface area contributed by atoms with Crippen LogP contribution in [0.4, 0.5) is 5.82 Å². The van der Waals surface area contributed by atoms with Crippen molar-refractivity contribution in [3.8, 4) is 0 Å². The summed E-state index contributed by atoms with van der Waals surface area (Å²) < 4.78 is 0. The second kappa shape index (κ2) is 4.60. The van der Waals surface area contributed by atoms with Gasteiger partial charge in [-0.2, -0.15) is 0 Å². The maximum absolute atomic E-state index is 8.76. The van der Waals surface area contributed by atoms with Crippen molar-refractivity contribution < 1.29 is 5.21 Å². The van der Waals surface area contributed by atoms with E-state index in [0.717, 1.165) is 48.4 Å². The fraction of sp³-hybridized carbons (Fsp3) is 0.308. The number of fused-ring (bicyclic) bond motifs is 1. The first-order valence-corrected chi connectivity index (χ1v) is 6.03. The van der Waals surface area contributed by atoms with Gasteiger partial charge in [0.2, 0.25) is 0 Å². The molecule has 5 heteroatoms. The first-order chi connectivity index (χ1) is 8.88. The van der Waals surface area contributed by atoms with Gasteiger partial charge in [0.05, 0.1) is 11.2 Å². The van der Waals surface area contributed by atoms with E-state index in [1.807, 2.05) is 24.3 Å². The number of hydrogen-bond donors (Lipinski definition) is 1. The molecule has 0 amide bonds. The van der Waals surface area contributed by atoms with E-state index in [1.54, 1.807) is 6.33 Å². The van der Waals surface area contributed by atoms with Gasteiger partial charge in [0.15, 0.2) is 0 Å². The Morgan fingerprint density at radius 2 is 1.89 bits per heavy atom. The number of aromatic nitrogens is 2. The van der Waals surface area contributed by atoms with Crippen LogP contribution in [0, 0.1) is 0 Å². The average Bonchev–Trinajstić information content (AvgIpc) is 2.47. The summed E-state index contributed by atoms with van der Waals surface area (Å²) in [5.41, 5.74) is 1.83. The van der Waals surface area contributed by atoms with Gasteiger partial charge in [0.1, 0.15) is 12.1 Å². The van der Waals surface area contributed by atoms with E-state index in [1.165, 1.54) is 0 Å². The van der Waals surface area contributed by atoms with Gasteiger partial charge < -0.3 is 10.1 Å². The normalized spacial score (nSPS) is 16.0. The van der Waals surface area contributed by atoms with Crippen LogP contribution in [0.2, 0.25) is 0 Å². The summed E-state index contributed by atoms with van der Waals surface area (Å²) in [5, 5.41) is 13.1. The molecule has 0 radical (unpaired) electrons. The smallest absolute Gasteiger partial charge is 0.139 e. The fourth-order valence-electron chi connectivity index (χ4n) is 2.32. The Labute approximate surface area is 105 Å². The predicted molar refractivity (Wildman–Crippen MR) is 70.2 cm³/mol. The van der Waals surface area contributed by atoms with Crippen molar-refractivity contribution in [1.29, 1.82) is 0 Å². The van der Waals surface area contributed by atoms with Crippen LogP contribution in [-0.4, -0.2) is 34.0 Å². The van der Waals surface area contributed by atoms with Gasteiger partial charge in [-0.25, -0.2) is 9.97 Å². The summed E-state index contributed by atoms with van der Waals surface area (Å²) in [6.07, 6.45) is 3.18. The Morgan fingerprint density at radius 3 is 2.67 bits per heavy atom. The highest BCUT2D eigenvalue weighted by Crippen LogP contribution is 2.24. The molecule has 1 aliphatic rings. The molecule has 5 nitrogen and oxygen atoms in total. The number of para-hydroxylation sites is 1. The molecule has 0 saturated carbocycles. The van der Waals surface area contributed by atoms with Crippen LogP contribution in [0.25, 0.3) is 10.9 Å². The lowest BCUT2D eigenvalue weighted by molar-refractivity contribution is 0.315. The molecule has 0 atom stereocenters. The van der Waals surface area contributed by atoms with Crippen LogP contribution in [0.1, 0.15) is 12.8 Å². The van der Waals surface area contributed by atoms with E-state index < -0.39 is 0 Å². The Morgan fingerprint density at radius 1 is 1.11 bits per heavy atom. The fourth-order valence-corrected chi connectivity index (χ4v) is 2.32. The molecule has 18 heavy (non-hydrogen) atoms. The Balaban J connectivity index is 1.95. The number of hydrogen-bond acceptors (Lipinski definition) is 5. The van der Waals surface area contributed by atoms with Crippen molar-refractivity contribution in [2.24, 2.45) is 5.16 Å². The van der Waals surface area contributed by atoms with Crippen molar-refractivity contribution in [1.82, 2.24) is 9.97 Å². The molecule has 2 aromatic rings. The van der Waals surface area contributed by atoms with Crippen molar-refractivity contribution in [3.05, 3.63) is 30.6 Å². The second-order valence-electron chi connectivity index (χ2n) is 4.37. The van der Waals surface area contributed by atoms with Gasteiger partial charge in [-0.15, -0.1) is 0 Å². The molecule has 1 aliphatic heterocycles. The number of benzene rings is 1. The topological polar surface area (TPSA) is 61.6 Å². The molecule has 0 bridgehead atoms. The van der Waals surface area contributed by atoms with Gasteiger partial charge >= 0.3 is 0 Å². The summed E-state index contributed by atoms with van der Waals surface area (Å²) >= 11 is 0. The van der Waals surface area contributed by atoms with Gasteiger partial charge in [0, 0.05) is 31.3 Å². The quantitative estimate of drug-likeness (QED) is 0.614. The third-order valence-electron chi connectivity index (χ3n) is 3.30. The minimum absolute atomic E-state index is 0.787. The molecule has 1 fully saturated rings. The molecule has 3 rings (SSSR count). The van der Waals surface area contributed by atoms with Crippen molar-refractivity contribution in [3.63, 3.8) is 0 Å². The number of rotatable bonds is 1. The number of piperidine rings is 1. The van der Waals surface area contributed by atoms with Crippen molar-refractivity contribution >= 4 is 22.4 Å². The molecule has 1 N–H and O–H groups in total. The molecular formula is C13H14N4O. The lowest BCUT2D eigenvalue weighted by Gasteiger charge is -2.28. The minimum Gasteiger partial charge on any atom is -0.411 e. The van der Waals surface area contributed by atoms with E-state index in [0.29, 0.717) is 0 Å². The Kier molecular flexibility index (Phi) is 2.80. The molecule has 0 aliphatic carbocycles. The standard InChI is InChI=1S/C13H14N4O/c18-16-10-5-7-17(8-6-10)13-11-3-1-2-4-12(11)14-9-15-13/h1-4,9,18H,5-8H2. The molecule has 2 heterocycles. The zero-order chi connectivity index (χ0) is 12.4. The largest absolute Gasteiger partial charge is 0.411 e. The maximum Gasteiger partial charge on any atom is 0.139 e. The van der Waals surface area contributed by atoms with Crippen LogP contribution in [0.15, 0.2) is 35.7 Å². The number of anilines is 1. The summed E-state index contributed by atoms with van der Waals surface area (Å²) in [6.45, 7) is 1.67. The predicted octanol–water partition coefficient (Wildman–Crippen LogP) is 2.06. The van der Waals surface area contributed by atoms with Crippen LogP contribution in [0.3, 0.4) is 0 Å². The van der Waals surface area contributed by atoms with Crippen LogP contribution in [0.5, 0.6) is 0 Å². The average molecular weight is 242 g/mol. The van der Waals surface area contributed by atoms with Crippen LogP contribution < -0.4 is 4.90 Å². The third-order valence-corrected chi connectivity index (χ3v) is 3.30. The molecule has 92 valence electrons. The highest BCUT2D eigenvalue weighted by Gasteiger charge is 2.18. The lowest BCUT2D eigenvalue weighted by atomic mass is 10.1. The molecule has 1 aromatic carbocycles. The van der Waals surface area contributed by atoms with E-state index in [-0.39, 0.29) is 0 Å². The third kappa shape index (κ3) is 1.88. The molecule has 1 aromatic heterocycles. The van der Waals surface area contributed by atoms with E-state index in [4.69, 9.17) is 5.21 Å². The highest BCUT2D eigenvalue weighted by molar-refractivity contribution is 5.91. The molecular weight excluding hydrogens is 228 g/mol.